The first kappa shape index (κ1) is 16.2. The minimum Gasteiger partial charge on any atom is -0.493 e. The summed E-state index contributed by atoms with van der Waals surface area (Å²) in [6, 6.07) is 2.52. The van der Waals surface area contributed by atoms with Crippen molar-refractivity contribution in [3.8, 4) is 11.5 Å². The fourth-order valence-electron chi connectivity index (χ4n) is 2.81. The van der Waals surface area contributed by atoms with Gasteiger partial charge in [0.05, 0.1) is 25.7 Å². The van der Waals surface area contributed by atoms with Gasteiger partial charge in [0.2, 0.25) is 5.89 Å². The molecular weight excluding hydrogens is 317 g/mol. The van der Waals surface area contributed by atoms with Gasteiger partial charge < -0.3 is 18.9 Å². The van der Waals surface area contributed by atoms with E-state index in [1.165, 1.54) is 20.3 Å². The Morgan fingerprint density at radius 2 is 2.04 bits per heavy atom. The Balaban J connectivity index is 1.80. The zero-order chi connectivity index (χ0) is 17.3. The van der Waals surface area contributed by atoms with Gasteiger partial charge in [0.15, 0.2) is 17.3 Å². The van der Waals surface area contributed by atoms with Crippen molar-refractivity contribution >= 4 is 5.91 Å². The summed E-state index contributed by atoms with van der Waals surface area (Å²) < 4.78 is 29.6. The van der Waals surface area contributed by atoms with Crippen LogP contribution in [-0.2, 0) is 0 Å². The van der Waals surface area contributed by atoms with Crippen LogP contribution in [0.2, 0.25) is 0 Å². The summed E-state index contributed by atoms with van der Waals surface area (Å²) in [5.74, 6) is 0.550. The second-order valence-corrected chi connectivity index (χ2v) is 5.60. The average molecular weight is 335 g/mol. The zero-order valence-corrected chi connectivity index (χ0v) is 13.7. The van der Waals surface area contributed by atoms with Crippen molar-refractivity contribution in [2.45, 2.75) is 19.3 Å². The number of nitrogens with zero attached hydrogens (tertiary/aromatic N) is 3. The Bertz CT molecular complexity index is 762. The summed E-state index contributed by atoms with van der Waals surface area (Å²) in [4.78, 5) is 18.4. The maximum Gasteiger partial charge on any atom is 0.256 e. The number of likely N-dealkylation sites (tertiary alicyclic amines) is 1. The van der Waals surface area contributed by atoms with E-state index >= 15 is 0 Å². The van der Waals surface area contributed by atoms with Crippen molar-refractivity contribution in [1.29, 1.82) is 0 Å². The quantitative estimate of drug-likeness (QED) is 0.852. The number of ether oxygens (including phenoxy) is 2. The predicted molar refractivity (Wildman–Crippen MR) is 81.8 cm³/mol. The lowest BCUT2D eigenvalue weighted by atomic mass is 10.1. The van der Waals surface area contributed by atoms with E-state index in [0.717, 1.165) is 6.07 Å². The number of halogens is 1. The van der Waals surface area contributed by atoms with Gasteiger partial charge in [-0.3, -0.25) is 4.79 Å². The zero-order valence-electron chi connectivity index (χ0n) is 13.7. The first-order chi connectivity index (χ1) is 11.5. The smallest absolute Gasteiger partial charge is 0.256 e. The summed E-state index contributed by atoms with van der Waals surface area (Å²) in [6.45, 7) is 2.65. The molecule has 0 bridgehead atoms. The molecule has 128 valence electrons. The number of benzene rings is 1. The second kappa shape index (κ2) is 6.46. The van der Waals surface area contributed by atoms with Crippen LogP contribution < -0.4 is 9.47 Å². The highest BCUT2D eigenvalue weighted by Gasteiger charge is 2.32. The van der Waals surface area contributed by atoms with Crippen molar-refractivity contribution < 1.29 is 23.2 Å². The second-order valence-electron chi connectivity index (χ2n) is 5.60. The minimum absolute atomic E-state index is 0.0293. The van der Waals surface area contributed by atoms with E-state index in [1.54, 1.807) is 11.8 Å². The number of rotatable bonds is 4. The summed E-state index contributed by atoms with van der Waals surface area (Å²) >= 11 is 0. The molecule has 1 aromatic carbocycles. The molecule has 0 N–H and O–H groups in total. The van der Waals surface area contributed by atoms with E-state index < -0.39 is 11.7 Å². The van der Waals surface area contributed by atoms with Crippen LogP contribution in [0.25, 0.3) is 0 Å². The van der Waals surface area contributed by atoms with Crippen molar-refractivity contribution in [1.82, 2.24) is 15.0 Å². The third kappa shape index (κ3) is 2.91. The molecule has 1 aromatic heterocycles. The van der Waals surface area contributed by atoms with Crippen LogP contribution in [0, 0.1) is 12.7 Å². The maximum atomic E-state index is 14.3. The first-order valence-electron chi connectivity index (χ1n) is 7.54. The maximum absolute atomic E-state index is 14.3. The van der Waals surface area contributed by atoms with E-state index in [1.807, 2.05) is 0 Å². The highest BCUT2D eigenvalue weighted by molar-refractivity contribution is 5.95. The summed E-state index contributed by atoms with van der Waals surface area (Å²) in [7, 11) is 2.85. The molecule has 3 rings (SSSR count). The lowest BCUT2D eigenvalue weighted by molar-refractivity contribution is 0.0784. The largest absolute Gasteiger partial charge is 0.493 e. The molecule has 1 aliphatic heterocycles. The molecule has 2 aromatic rings. The average Bonchev–Trinajstić information content (AvgIpc) is 3.22. The first-order valence-corrected chi connectivity index (χ1v) is 7.54. The van der Waals surface area contributed by atoms with Crippen LogP contribution in [0.3, 0.4) is 0 Å². The Kier molecular flexibility index (Phi) is 4.37. The van der Waals surface area contributed by atoms with Crippen LogP contribution in [0.15, 0.2) is 16.7 Å². The summed E-state index contributed by atoms with van der Waals surface area (Å²) in [5, 5.41) is 3.77. The number of amides is 1. The van der Waals surface area contributed by atoms with Crippen molar-refractivity contribution in [2.75, 3.05) is 27.3 Å². The normalized spacial score (nSPS) is 17.2. The number of hydrogen-bond acceptors (Lipinski definition) is 6. The Morgan fingerprint density at radius 1 is 1.33 bits per heavy atom. The van der Waals surface area contributed by atoms with E-state index in [9.17, 15) is 9.18 Å². The van der Waals surface area contributed by atoms with Gasteiger partial charge in [-0.15, -0.1) is 0 Å². The highest BCUT2D eigenvalue weighted by atomic mass is 19.1. The number of hydrogen-bond donors (Lipinski definition) is 0. The van der Waals surface area contributed by atoms with Gasteiger partial charge in [-0.25, -0.2) is 4.39 Å². The molecule has 0 unspecified atom stereocenters. The van der Waals surface area contributed by atoms with Crippen LogP contribution >= 0.6 is 0 Å². The van der Waals surface area contributed by atoms with Crippen molar-refractivity contribution in [2.24, 2.45) is 0 Å². The molecule has 8 heteroatoms. The Labute approximate surface area is 138 Å². The molecule has 1 amide bonds. The fraction of sp³-hybridized carbons (Fsp3) is 0.438. The minimum atomic E-state index is -0.644. The SMILES string of the molecule is COc1cc(F)c(C(=O)N2CC[C@H](c3nc(C)no3)C2)cc1OC. The predicted octanol–water partition coefficient (Wildman–Crippen LogP) is 2.16. The molecule has 0 spiro atoms. The summed E-state index contributed by atoms with van der Waals surface area (Å²) in [5.41, 5.74) is -0.0463. The molecule has 0 saturated carbocycles. The Hall–Kier alpha value is -2.64. The Morgan fingerprint density at radius 3 is 2.67 bits per heavy atom. The van der Waals surface area contributed by atoms with Gasteiger partial charge in [-0.2, -0.15) is 4.98 Å². The molecule has 1 saturated heterocycles. The number of methoxy groups -OCH3 is 2. The number of aryl methyl sites for hydroxylation is 1. The van der Waals surface area contributed by atoms with Gasteiger partial charge in [0.25, 0.3) is 5.91 Å². The molecule has 24 heavy (non-hydrogen) atoms. The van der Waals surface area contributed by atoms with E-state index in [2.05, 4.69) is 10.1 Å². The molecule has 1 fully saturated rings. The van der Waals surface area contributed by atoms with Crippen LogP contribution in [-0.4, -0.2) is 48.3 Å². The standard InChI is InChI=1S/C16H18FN3O4/c1-9-18-15(24-19-9)10-4-5-20(8-10)16(21)11-6-13(22-2)14(23-3)7-12(11)17/h6-7,10H,4-5,8H2,1-3H3/t10-/m0/s1. The van der Waals surface area contributed by atoms with Crippen LogP contribution in [0.4, 0.5) is 4.39 Å². The topological polar surface area (TPSA) is 77.7 Å². The lowest BCUT2D eigenvalue weighted by Gasteiger charge is -2.17. The monoisotopic (exact) mass is 335 g/mol. The van der Waals surface area contributed by atoms with E-state index in [4.69, 9.17) is 14.0 Å². The lowest BCUT2D eigenvalue weighted by Crippen LogP contribution is -2.29. The molecule has 7 nitrogen and oxygen atoms in total. The van der Waals surface area contributed by atoms with Gasteiger partial charge in [-0.05, 0) is 19.4 Å². The molecular formula is C16H18FN3O4. The van der Waals surface area contributed by atoms with E-state index in [0.29, 0.717) is 37.0 Å². The van der Waals surface area contributed by atoms with E-state index in [-0.39, 0.29) is 17.2 Å². The molecule has 2 heterocycles. The number of carbonyl (C=O) groups excluding carboxylic acids is 1. The number of carbonyl (C=O) groups is 1. The third-order valence-corrected chi connectivity index (χ3v) is 4.07. The molecule has 1 aliphatic rings. The third-order valence-electron chi connectivity index (χ3n) is 4.07. The number of aromatic nitrogens is 2. The fourth-order valence-corrected chi connectivity index (χ4v) is 2.81. The van der Waals surface area contributed by atoms with Gasteiger partial charge in [-0.1, -0.05) is 5.16 Å². The van der Waals surface area contributed by atoms with Crippen molar-refractivity contribution in [3.63, 3.8) is 0 Å². The van der Waals surface area contributed by atoms with Gasteiger partial charge in [0.1, 0.15) is 5.82 Å². The van der Waals surface area contributed by atoms with Crippen LogP contribution in [0.1, 0.15) is 34.4 Å². The van der Waals surface area contributed by atoms with Crippen LogP contribution in [0.5, 0.6) is 11.5 Å². The molecule has 1 atom stereocenters. The van der Waals surface area contributed by atoms with Crippen molar-refractivity contribution in [3.05, 3.63) is 35.2 Å². The van der Waals surface area contributed by atoms with Gasteiger partial charge >= 0.3 is 0 Å². The highest BCUT2D eigenvalue weighted by Crippen LogP contribution is 2.32. The molecule has 0 radical (unpaired) electrons. The molecule has 0 aliphatic carbocycles. The van der Waals surface area contributed by atoms with Gasteiger partial charge in [0, 0.05) is 19.2 Å². The summed E-state index contributed by atoms with van der Waals surface area (Å²) in [6.07, 6.45) is 0.697.